The largest absolute Gasteiger partial charge is 0.481 e. The average molecular weight is 429 g/mol. The van der Waals surface area contributed by atoms with Crippen molar-refractivity contribution in [2.45, 2.75) is 46.0 Å². The van der Waals surface area contributed by atoms with Crippen LogP contribution in [0.2, 0.25) is 0 Å². The smallest absolute Gasteiger partial charge is 0.339 e. The summed E-state index contributed by atoms with van der Waals surface area (Å²) in [6.45, 7) is 4.16. The lowest BCUT2D eigenvalue weighted by Gasteiger charge is -2.29. The molecule has 0 radical (unpaired) electrons. The summed E-state index contributed by atoms with van der Waals surface area (Å²) in [7, 11) is 1.35. The zero-order chi connectivity index (χ0) is 23.3. The van der Waals surface area contributed by atoms with Crippen molar-refractivity contribution >= 4 is 29.6 Å². The van der Waals surface area contributed by atoms with Gasteiger partial charge in [0.05, 0.1) is 13.7 Å². The molecule has 30 heavy (non-hydrogen) atoms. The number of hydrogen-bond acceptors (Lipinski definition) is 9. The van der Waals surface area contributed by atoms with Crippen LogP contribution < -0.4 is 10.5 Å². The number of esters is 2. The van der Waals surface area contributed by atoms with Crippen molar-refractivity contribution in [3.8, 4) is 5.75 Å². The molecule has 4 N–H and O–H groups in total. The summed E-state index contributed by atoms with van der Waals surface area (Å²) >= 11 is 0. The fourth-order valence-corrected chi connectivity index (χ4v) is 2.11. The van der Waals surface area contributed by atoms with Crippen molar-refractivity contribution < 1.29 is 48.3 Å². The molecule has 1 heterocycles. The molecule has 1 saturated heterocycles. The second-order valence-corrected chi connectivity index (χ2v) is 5.95. The number of anilines is 1. The van der Waals surface area contributed by atoms with Gasteiger partial charge in [0.1, 0.15) is 17.4 Å². The van der Waals surface area contributed by atoms with Gasteiger partial charge in [0.25, 0.3) is 5.97 Å². The van der Waals surface area contributed by atoms with Gasteiger partial charge in [-0.2, -0.15) is 0 Å². The molecule has 0 saturated carbocycles. The summed E-state index contributed by atoms with van der Waals surface area (Å²) in [5.74, 6) is -2.40. The number of nitrogen functional groups attached to an aromatic ring is 1. The van der Waals surface area contributed by atoms with Gasteiger partial charge in [0, 0.05) is 39.3 Å². The van der Waals surface area contributed by atoms with Crippen LogP contribution in [0.3, 0.4) is 0 Å². The highest BCUT2D eigenvalue weighted by Crippen LogP contribution is 2.26. The zero-order valence-electron chi connectivity index (χ0n) is 17.2. The summed E-state index contributed by atoms with van der Waals surface area (Å²) < 4.78 is 20.2. The number of carbonyl (C=O) groups excluding carboxylic acids is 2. The Bertz CT molecular complexity index is 730. The van der Waals surface area contributed by atoms with Crippen LogP contribution in [0, 0.1) is 0 Å². The van der Waals surface area contributed by atoms with Gasteiger partial charge in [0.15, 0.2) is 0 Å². The molecule has 2 unspecified atom stereocenters. The van der Waals surface area contributed by atoms with Gasteiger partial charge in [-0.1, -0.05) is 0 Å². The minimum atomic E-state index is -1.13. The Hall–Kier alpha value is -3.34. The summed E-state index contributed by atoms with van der Waals surface area (Å²) in [6, 6.07) is 4.36. The maximum absolute atomic E-state index is 11.2. The zero-order valence-corrected chi connectivity index (χ0v) is 17.2. The van der Waals surface area contributed by atoms with Gasteiger partial charge in [-0.05, 0) is 18.2 Å². The van der Waals surface area contributed by atoms with E-state index >= 15 is 0 Å². The third kappa shape index (κ3) is 12.2. The van der Waals surface area contributed by atoms with E-state index in [2.05, 4.69) is 4.74 Å². The van der Waals surface area contributed by atoms with Crippen LogP contribution in [0.4, 0.5) is 5.69 Å². The molecule has 11 nitrogen and oxygen atoms in total. The molecule has 1 aromatic carbocycles. The maximum atomic E-state index is 11.2. The molecule has 1 aliphatic heterocycles. The Kier molecular flexibility index (Phi) is 12.2. The molecule has 1 aliphatic rings. The van der Waals surface area contributed by atoms with Crippen LogP contribution >= 0.6 is 0 Å². The van der Waals surface area contributed by atoms with E-state index in [0.717, 1.165) is 6.92 Å². The van der Waals surface area contributed by atoms with Crippen LogP contribution in [0.15, 0.2) is 18.2 Å². The highest BCUT2D eigenvalue weighted by molar-refractivity contribution is 5.92. The Morgan fingerprint density at radius 3 is 2.13 bits per heavy atom. The molecule has 0 aliphatic carbocycles. The molecule has 0 bridgehead atoms. The number of carbonyl (C=O) groups is 4. The highest BCUT2D eigenvalue weighted by Gasteiger charge is 2.27. The first kappa shape index (κ1) is 26.7. The summed E-state index contributed by atoms with van der Waals surface area (Å²) in [5.41, 5.74) is 5.87. The number of ether oxygens (including phenoxy) is 4. The molecular formula is C19H27NO10. The number of nitrogens with two attached hydrogens (primary N) is 1. The standard InChI is InChI=1S/C14H17NO6.C3H6O2.C2H4O2/c1-8(16)20-10-4-5-19-13(7-10)21-12-3-2-9(15)6-11(12)14(17)18;1-3(4)5-2;1-2(3)4/h2-3,6,10,13H,4-5,7,15H2,1H3,(H,17,18);1-2H3;1H3,(H,3,4). The van der Waals surface area contributed by atoms with Crippen molar-refractivity contribution in [3.63, 3.8) is 0 Å². The maximum Gasteiger partial charge on any atom is 0.339 e. The molecule has 0 aromatic heterocycles. The number of aliphatic carboxylic acids is 1. The minimum Gasteiger partial charge on any atom is -0.481 e. The first-order valence-electron chi connectivity index (χ1n) is 8.78. The number of carboxylic acid groups (broad SMARTS) is 2. The second-order valence-electron chi connectivity index (χ2n) is 5.95. The van der Waals surface area contributed by atoms with E-state index in [0.29, 0.717) is 25.1 Å². The van der Waals surface area contributed by atoms with E-state index in [-0.39, 0.29) is 29.4 Å². The number of hydrogen-bond donors (Lipinski definition) is 3. The molecule has 2 rings (SSSR count). The van der Waals surface area contributed by atoms with Gasteiger partial charge in [-0.15, -0.1) is 0 Å². The quantitative estimate of drug-likeness (QED) is 0.469. The lowest BCUT2D eigenvalue weighted by atomic mass is 10.1. The first-order chi connectivity index (χ1) is 14.0. The predicted molar refractivity (Wildman–Crippen MR) is 104 cm³/mol. The molecule has 0 spiro atoms. The fourth-order valence-electron chi connectivity index (χ4n) is 2.11. The highest BCUT2D eigenvalue weighted by atomic mass is 16.7. The van der Waals surface area contributed by atoms with E-state index in [9.17, 15) is 14.4 Å². The van der Waals surface area contributed by atoms with E-state index in [1.54, 1.807) is 6.07 Å². The Balaban J connectivity index is 0.000000789. The molecule has 2 atom stereocenters. The Morgan fingerprint density at radius 2 is 1.67 bits per heavy atom. The fraction of sp³-hybridized carbons (Fsp3) is 0.474. The third-order valence-electron chi connectivity index (χ3n) is 3.31. The Morgan fingerprint density at radius 1 is 1.10 bits per heavy atom. The summed E-state index contributed by atoms with van der Waals surface area (Å²) in [5, 5.41) is 16.6. The number of methoxy groups -OCH3 is 1. The van der Waals surface area contributed by atoms with Crippen molar-refractivity contribution in [3.05, 3.63) is 23.8 Å². The third-order valence-corrected chi connectivity index (χ3v) is 3.31. The van der Waals surface area contributed by atoms with E-state index in [4.69, 9.17) is 35.0 Å². The van der Waals surface area contributed by atoms with Crippen LogP contribution in [-0.4, -0.2) is 60.2 Å². The van der Waals surface area contributed by atoms with Crippen molar-refractivity contribution in [1.29, 1.82) is 0 Å². The van der Waals surface area contributed by atoms with Crippen LogP contribution in [0.5, 0.6) is 5.75 Å². The van der Waals surface area contributed by atoms with E-state index in [1.165, 1.54) is 33.1 Å². The topological polar surface area (TPSA) is 172 Å². The molecule has 1 fully saturated rings. The van der Waals surface area contributed by atoms with Crippen LogP contribution in [-0.2, 0) is 28.6 Å². The second kappa shape index (κ2) is 13.8. The monoisotopic (exact) mass is 429 g/mol. The predicted octanol–water partition coefficient (Wildman–Crippen LogP) is 1.68. The number of rotatable bonds is 4. The van der Waals surface area contributed by atoms with E-state index in [1.807, 2.05) is 0 Å². The van der Waals surface area contributed by atoms with Gasteiger partial charge in [0.2, 0.25) is 6.29 Å². The van der Waals surface area contributed by atoms with Gasteiger partial charge >= 0.3 is 17.9 Å². The first-order valence-corrected chi connectivity index (χ1v) is 8.78. The molecule has 0 amide bonds. The normalized spacial score (nSPS) is 17.1. The van der Waals surface area contributed by atoms with Gasteiger partial charge in [-0.25, -0.2) is 4.79 Å². The van der Waals surface area contributed by atoms with E-state index < -0.39 is 18.2 Å². The molecule has 11 heteroatoms. The van der Waals surface area contributed by atoms with Crippen molar-refractivity contribution in [2.24, 2.45) is 0 Å². The lowest BCUT2D eigenvalue weighted by Crippen LogP contribution is -2.35. The molecular weight excluding hydrogens is 402 g/mol. The van der Waals surface area contributed by atoms with Crippen molar-refractivity contribution in [1.82, 2.24) is 0 Å². The molecule has 168 valence electrons. The minimum absolute atomic E-state index is 0.0341. The SMILES string of the molecule is CC(=O)O.CC(=O)OC1CCOC(Oc2ccc(N)cc2C(=O)O)C1.COC(C)=O. The summed E-state index contributed by atoms with van der Waals surface area (Å²) in [6.07, 6.45) is -0.0103. The number of aromatic carboxylic acids is 1. The lowest BCUT2D eigenvalue weighted by molar-refractivity contribution is -0.168. The number of benzene rings is 1. The Labute approximate surface area is 173 Å². The van der Waals surface area contributed by atoms with Crippen LogP contribution in [0.25, 0.3) is 0 Å². The number of carboxylic acids is 2. The van der Waals surface area contributed by atoms with Gasteiger partial charge < -0.3 is 34.9 Å². The van der Waals surface area contributed by atoms with Crippen molar-refractivity contribution in [2.75, 3.05) is 19.5 Å². The van der Waals surface area contributed by atoms with Crippen LogP contribution in [0.1, 0.15) is 44.0 Å². The summed E-state index contributed by atoms with van der Waals surface area (Å²) in [4.78, 5) is 40.7. The molecule has 1 aromatic rings. The average Bonchev–Trinajstić information content (AvgIpc) is 2.63. The van der Waals surface area contributed by atoms with Gasteiger partial charge in [-0.3, -0.25) is 14.4 Å².